The van der Waals surface area contributed by atoms with Gasteiger partial charge in [-0.15, -0.1) is 0 Å². The first kappa shape index (κ1) is 16.6. The van der Waals surface area contributed by atoms with Gasteiger partial charge in [0.25, 0.3) is 0 Å². The number of nitrogens with zero attached hydrogens (tertiary/aromatic N) is 1. The number of piperidine rings is 1. The van der Waals surface area contributed by atoms with E-state index in [1.54, 1.807) is 0 Å². The monoisotopic (exact) mass is 313 g/mol. The van der Waals surface area contributed by atoms with E-state index >= 15 is 0 Å². The number of hydrogen-bond donors (Lipinski definition) is 1. The second-order valence-electron chi connectivity index (χ2n) is 5.29. The Balaban J connectivity index is 1.58. The fourth-order valence-electron chi connectivity index (χ4n) is 2.46. The second kappa shape index (κ2) is 9.26. The van der Waals surface area contributed by atoms with E-state index in [9.17, 15) is 0 Å². The van der Waals surface area contributed by atoms with Crippen LogP contribution in [0.1, 0.15) is 19.3 Å². The highest BCUT2D eigenvalue weighted by Crippen LogP contribution is 2.17. The molecule has 0 bridgehead atoms. The molecule has 1 fully saturated rings. The van der Waals surface area contributed by atoms with E-state index in [4.69, 9.17) is 26.2 Å². The zero-order valence-corrected chi connectivity index (χ0v) is 13.1. The molecule has 0 aromatic heterocycles. The highest BCUT2D eigenvalue weighted by Gasteiger charge is 2.19. The molecule has 1 saturated heterocycles. The average molecular weight is 314 g/mol. The molecule has 21 heavy (non-hydrogen) atoms. The van der Waals surface area contributed by atoms with E-state index in [2.05, 4.69) is 4.90 Å². The molecule has 118 valence electrons. The molecule has 1 aromatic carbocycles. The summed E-state index contributed by atoms with van der Waals surface area (Å²) in [6.07, 6.45) is 3.19. The Morgan fingerprint density at radius 2 is 2.05 bits per heavy atom. The van der Waals surface area contributed by atoms with E-state index < -0.39 is 0 Å². The van der Waals surface area contributed by atoms with Crippen molar-refractivity contribution < 1.29 is 14.6 Å². The first-order valence-corrected chi connectivity index (χ1v) is 7.99. The van der Waals surface area contributed by atoms with Gasteiger partial charge in [-0.3, -0.25) is 4.90 Å². The molecule has 0 aliphatic carbocycles. The average Bonchev–Trinajstić information content (AvgIpc) is 2.49. The van der Waals surface area contributed by atoms with Crippen LogP contribution in [-0.4, -0.2) is 55.6 Å². The van der Waals surface area contributed by atoms with Crippen LogP contribution < -0.4 is 4.74 Å². The van der Waals surface area contributed by atoms with Gasteiger partial charge in [0.2, 0.25) is 0 Å². The third-order valence-electron chi connectivity index (χ3n) is 3.66. The Morgan fingerprint density at radius 3 is 2.76 bits per heavy atom. The molecule has 0 radical (unpaired) electrons. The van der Waals surface area contributed by atoms with Crippen LogP contribution in [0, 0.1) is 0 Å². The Bertz CT molecular complexity index is 408. The largest absolute Gasteiger partial charge is 0.492 e. The van der Waals surface area contributed by atoms with Crippen LogP contribution >= 0.6 is 11.6 Å². The summed E-state index contributed by atoms with van der Waals surface area (Å²) in [5.74, 6) is 0.824. The first-order valence-electron chi connectivity index (χ1n) is 7.61. The maximum absolute atomic E-state index is 8.74. The van der Waals surface area contributed by atoms with Crippen molar-refractivity contribution in [2.24, 2.45) is 0 Å². The molecule has 1 aliphatic rings. The number of likely N-dealkylation sites (tertiary alicyclic amines) is 1. The van der Waals surface area contributed by atoms with Crippen LogP contribution in [0.15, 0.2) is 24.3 Å². The number of aliphatic hydroxyl groups excluding tert-OH is 1. The van der Waals surface area contributed by atoms with Crippen LogP contribution in [0.4, 0.5) is 0 Å². The predicted octanol–water partition coefficient (Wildman–Crippen LogP) is 2.58. The molecule has 0 saturated carbocycles. The highest BCUT2D eigenvalue weighted by molar-refractivity contribution is 6.30. The minimum atomic E-state index is 0.208. The normalized spacial score (nSPS) is 17.0. The Morgan fingerprint density at radius 1 is 1.24 bits per heavy atom. The number of rotatable bonds is 8. The summed E-state index contributed by atoms with van der Waals surface area (Å²) < 4.78 is 11.4. The molecule has 1 heterocycles. The summed E-state index contributed by atoms with van der Waals surface area (Å²) in [4.78, 5) is 2.40. The van der Waals surface area contributed by atoms with Crippen molar-refractivity contribution in [1.82, 2.24) is 4.90 Å². The van der Waals surface area contributed by atoms with Crippen LogP contribution in [0.25, 0.3) is 0 Å². The summed E-state index contributed by atoms with van der Waals surface area (Å²) in [7, 11) is 0. The minimum absolute atomic E-state index is 0.208. The van der Waals surface area contributed by atoms with E-state index in [0.29, 0.717) is 24.3 Å². The van der Waals surface area contributed by atoms with E-state index in [1.807, 2.05) is 24.3 Å². The Hall–Kier alpha value is -0.810. The maximum Gasteiger partial charge on any atom is 0.120 e. The van der Waals surface area contributed by atoms with Gasteiger partial charge in [0, 0.05) is 37.9 Å². The van der Waals surface area contributed by atoms with Gasteiger partial charge in [-0.1, -0.05) is 17.7 Å². The van der Waals surface area contributed by atoms with Crippen LogP contribution in [0.5, 0.6) is 5.75 Å². The van der Waals surface area contributed by atoms with Crippen molar-refractivity contribution in [3.8, 4) is 5.75 Å². The molecule has 4 nitrogen and oxygen atoms in total. The lowest BCUT2D eigenvalue weighted by Gasteiger charge is -2.31. The number of aliphatic hydroxyl groups is 1. The molecule has 0 atom stereocenters. The molecule has 0 spiro atoms. The number of benzene rings is 1. The van der Waals surface area contributed by atoms with E-state index in [0.717, 1.165) is 44.6 Å². The van der Waals surface area contributed by atoms with Crippen LogP contribution in [-0.2, 0) is 4.74 Å². The van der Waals surface area contributed by atoms with Gasteiger partial charge >= 0.3 is 0 Å². The molecule has 1 N–H and O–H groups in total. The Labute approximate surface area is 131 Å². The van der Waals surface area contributed by atoms with Crippen molar-refractivity contribution in [2.75, 3.05) is 39.5 Å². The summed E-state index contributed by atoms with van der Waals surface area (Å²) in [6.45, 7) is 4.57. The third-order valence-corrected chi connectivity index (χ3v) is 3.90. The van der Waals surface area contributed by atoms with Crippen molar-refractivity contribution in [3.63, 3.8) is 0 Å². The van der Waals surface area contributed by atoms with Gasteiger partial charge in [-0.2, -0.15) is 0 Å². The quantitative estimate of drug-likeness (QED) is 0.749. The Kier molecular flexibility index (Phi) is 7.30. The van der Waals surface area contributed by atoms with E-state index in [1.165, 1.54) is 0 Å². The topological polar surface area (TPSA) is 41.9 Å². The van der Waals surface area contributed by atoms with Gasteiger partial charge in [0.15, 0.2) is 0 Å². The van der Waals surface area contributed by atoms with Crippen LogP contribution in [0.2, 0.25) is 5.02 Å². The number of hydrogen-bond acceptors (Lipinski definition) is 4. The standard InChI is InChI=1S/C16H24ClNO3/c17-14-3-1-4-16(13-14)21-12-9-18-7-5-15(6-8-18)20-11-2-10-19/h1,3-4,13,15,19H,2,5-12H2. The lowest BCUT2D eigenvalue weighted by Crippen LogP contribution is -2.39. The summed E-state index contributed by atoms with van der Waals surface area (Å²) in [6, 6.07) is 7.50. The molecule has 1 aromatic rings. The van der Waals surface area contributed by atoms with Crippen molar-refractivity contribution >= 4 is 11.6 Å². The second-order valence-corrected chi connectivity index (χ2v) is 5.73. The number of ether oxygens (including phenoxy) is 2. The van der Waals surface area contributed by atoms with Gasteiger partial charge in [-0.25, -0.2) is 0 Å². The smallest absolute Gasteiger partial charge is 0.120 e. The van der Waals surface area contributed by atoms with Gasteiger partial charge in [-0.05, 0) is 37.5 Å². The first-order chi connectivity index (χ1) is 10.3. The molecular weight excluding hydrogens is 290 g/mol. The highest BCUT2D eigenvalue weighted by atomic mass is 35.5. The summed E-state index contributed by atoms with van der Waals surface area (Å²) >= 11 is 5.92. The fraction of sp³-hybridized carbons (Fsp3) is 0.625. The van der Waals surface area contributed by atoms with Gasteiger partial charge in [0.05, 0.1) is 6.10 Å². The van der Waals surface area contributed by atoms with Crippen molar-refractivity contribution in [2.45, 2.75) is 25.4 Å². The SMILES string of the molecule is OCCCOC1CCN(CCOc2cccc(Cl)c2)CC1. The van der Waals surface area contributed by atoms with Crippen molar-refractivity contribution in [3.05, 3.63) is 29.3 Å². The zero-order valence-electron chi connectivity index (χ0n) is 12.3. The summed E-state index contributed by atoms with van der Waals surface area (Å²) in [5.41, 5.74) is 0. The lowest BCUT2D eigenvalue weighted by molar-refractivity contribution is 0.000408. The summed E-state index contributed by atoms with van der Waals surface area (Å²) in [5, 5.41) is 9.44. The number of halogens is 1. The maximum atomic E-state index is 8.74. The zero-order chi connectivity index (χ0) is 14.9. The molecule has 2 rings (SSSR count). The van der Waals surface area contributed by atoms with Gasteiger partial charge in [0.1, 0.15) is 12.4 Å². The van der Waals surface area contributed by atoms with Crippen LogP contribution in [0.3, 0.4) is 0 Å². The third kappa shape index (κ3) is 6.22. The minimum Gasteiger partial charge on any atom is -0.492 e. The van der Waals surface area contributed by atoms with Gasteiger partial charge < -0.3 is 14.6 Å². The molecule has 5 heteroatoms. The fourth-order valence-corrected chi connectivity index (χ4v) is 2.64. The van der Waals surface area contributed by atoms with Crippen molar-refractivity contribution in [1.29, 1.82) is 0 Å². The molecule has 1 aliphatic heterocycles. The molecular formula is C16H24ClNO3. The predicted molar refractivity (Wildman–Crippen MR) is 84.1 cm³/mol. The molecule has 0 unspecified atom stereocenters. The van der Waals surface area contributed by atoms with E-state index in [-0.39, 0.29) is 6.61 Å². The molecule has 0 amide bonds. The lowest BCUT2D eigenvalue weighted by atomic mass is 10.1.